The largest absolute Gasteiger partial charge is 0.497 e. The van der Waals surface area contributed by atoms with Gasteiger partial charge in [0.25, 0.3) is 0 Å². The summed E-state index contributed by atoms with van der Waals surface area (Å²) in [6.45, 7) is 3.40. The summed E-state index contributed by atoms with van der Waals surface area (Å²) in [5.74, 6) is 0.773. The Hall–Kier alpha value is -0.770. The zero-order chi connectivity index (χ0) is 12.5. The highest BCUT2D eigenvalue weighted by molar-refractivity contribution is 6.31. The van der Waals surface area contributed by atoms with Crippen molar-refractivity contribution >= 4 is 11.6 Å². The summed E-state index contributed by atoms with van der Waals surface area (Å²) in [6.07, 6.45) is 0.888. The van der Waals surface area contributed by atoms with Crippen molar-refractivity contribution in [3.05, 3.63) is 28.8 Å². The van der Waals surface area contributed by atoms with E-state index in [0.29, 0.717) is 13.2 Å². The predicted molar refractivity (Wildman–Crippen MR) is 68.8 cm³/mol. The van der Waals surface area contributed by atoms with E-state index in [0.717, 1.165) is 22.8 Å². The minimum atomic E-state index is -0.0163. The predicted octanol–water partition coefficient (Wildman–Crippen LogP) is 2.35. The Bertz CT molecular complexity index is 402. The van der Waals surface area contributed by atoms with E-state index in [2.05, 4.69) is 0 Å². The standard InChI is InChI=1S/C13H18ClNO2/c1-9(15)6-13(7-17-8-13)11-4-3-10(16-2)5-12(11)14/h3-5,9H,6-8,15H2,1-2H3. The number of methoxy groups -OCH3 is 1. The Morgan fingerprint density at radius 3 is 2.65 bits per heavy atom. The minimum absolute atomic E-state index is 0.0163. The molecule has 2 rings (SSSR count). The summed E-state index contributed by atoms with van der Waals surface area (Å²) in [5, 5.41) is 0.730. The van der Waals surface area contributed by atoms with Gasteiger partial charge >= 0.3 is 0 Å². The molecule has 1 aromatic carbocycles. The van der Waals surface area contributed by atoms with Crippen molar-refractivity contribution in [3.63, 3.8) is 0 Å². The molecule has 1 heterocycles. The zero-order valence-corrected chi connectivity index (χ0v) is 11.0. The van der Waals surface area contributed by atoms with Gasteiger partial charge in [-0.25, -0.2) is 0 Å². The summed E-state index contributed by atoms with van der Waals surface area (Å²) in [6, 6.07) is 5.93. The SMILES string of the molecule is COc1ccc(C2(CC(C)N)COC2)c(Cl)c1. The molecule has 0 aliphatic carbocycles. The maximum absolute atomic E-state index is 6.31. The molecule has 0 bridgehead atoms. The normalized spacial score (nSPS) is 19.5. The van der Waals surface area contributed by atoms with Crippen LogP contribution in [0.25, 0.3) is 0 Å². The van der Waals surface area contributed by atoms with Gasteiger partial charge in [-0.15, -0.1) is 0 Å². The monoisotopic (exact) mass is 255 g/mol. The molecule has 1 unspecified atom stereocenters. The molecule has 1 aliphatic heterocycles. The van der Waals surface area contributed by atoms with Crippen molar-refractivity contribution in [2.24, 2.45) is 5.73 Å². The molecule has 1 saturated heterocycles. The lowest BCUT2D eigenvalue weighted by Crippen LogP contribution is -2.49. The van der Waals surface area contributed by atoms with Crippen molar-refractivity contribution < 1.29 is 9.47 Å². The first-order chi connectivity index (χ1) is 8.07. The van der Waals surface area contributed by atoms with Gasteiger partial charge in [0.2, 0.25) is 0 Å². The first-order valence-electron chi connectivity index (χ1n) is 5.75. The van der Waals surface area contributed by atoms with Gasteiger partial charge in [0.1, 0.15) is 5.75 Å². The van der Waals surface area contributed by atoms with Gasteiger partial charge < -0.3 is 15.2 Å². The van der Waals surface area contributed by atoms with Crippen molar-refractivity contribution in [3.8, 4) is 5.75 Å². The first-order valence-corrected chi connectivity index (χ1v) is 6.12. The Balaban J connectivity index is 2.31. The molecule has 1 fully saturated rings. The number of ether oxygens (including phenoxy) is 2. The van der Waals surface area contributed by atoms with Crippen LogP contribution in [0.5, 0.6) is 5.75 Å². The number of rotatable bonds is 4. The van der Waals surface area contributed by atoms with Crippen molar-refractivity contribution in [2.75, 3.05) is 20.3 Å². The summed E-state index contributed by atoms with van der Waals surface area (Å²) >= 11 is 6.31. The average molecular weight is 256 g/mol. The Morgan fingerprint density at radius 1 is 1.53 bits per heavy atom. The summed E-state index contributed by atoms with van der Waals surface area (Å²) in [7, 11) is 1.63. The highest BCUT2D eigenvalue weighted by Gasteiger charge is 2.42. The quantitative estimate of drug-likeness (QED) is 0.898. The number of nitrogens with two attached hydrogens (primary N) is 1. The van der Waals surface area contributed by atoms with Crippen LogP contribution in [0.15, 0.2) is 18.2 Å². The third-order valence-corrected chi connectivity index (χ3v) is 3.53. The number of hydrogen-bond acceptors (Lipinski definition) is 3. The first kappa shape index (κ1) is 12.7. The molecule has 0 amide bonds. The van der Waals surface area contributed by atoms with Gasteiger partial charge in [0.05, 0.1) is 20.3 Å². The van der Waals surface area contributed by atoms with Crippen LogP contribution >= 0.6 is 11.6 Å². The maximum Gasteiger partial charge on any atom is 0.120 e. The van der Waals surface area contributed by atoms with Gasteiger partial charge in [0.15, 0.2) is 0 Å². The third-order valence-electron chi connectivity index (χ3n) is 3.22. The van der Waals surface area contributed by atoms with Gasteiger partial charge in [0, 0.05) is 16.5 Å². The highest BCUT2D eigenvalue weighted by Crippen LogP contribution is 2.41. The van der Waals surface area contributed by atoms with Gasteiger partial charge in [-0.2, -0.15) is 0 Å². The molecule has 0 radical (unpaired) electrons. The molecule has 1 aliphatic rings. The minimum Gasteiger partial charge on any atom is -0.497 e. The Morgan fingerprint density at radius 2 is 2.24 bits per heavy atom. The second-order valence-electron chi connectivity index (χ2n) is 4.80. The Labute approximate surface area is 107 Å². The average Bonchev–Trinajstić information content (AvgIpc) is 2.23. The van der Waals surface area contributed by atoms with Crippen molar-refractivity contribution in [2.45, 2.75) is 24.8 Å². The molecule has 94 valence electrons. The molecule has 0 aromatic heterocycles. The molecular formula is C13H18ClNO2. The molecule has 3 nitrogen and oxygen atoms in total. The molecule has 0 saturated carbocycles. The molecule has 4 heteroatoms. The van der Waals surface area contributed by atoms with E-state index in [9.17, 15) is 0 Å². The summed E-state index contributed by atoms with van der Waals surface area (Å²) in [5.41, 5.74) is 7.01. The van der Waals surface area contributed by atoms with E-state index in [1.165, 1.54) is 0 Å². The van der Waals surface area contributed by atoms with Gasteiger partial charge in [-0.3, -0.25) is 0 Å². The summed E-state index contributed by atoms with van der Waals surface area (Å²) in [4.78, 5) is 0. The molecule has 1 aromatic rings. The molecule has 1 atom stereocenters. The van der Waals surface area contributed by atoms with E-state index in [-0.39, 0.29) is 11.5 Å². The second-order valence-corrected chi connectivity index (χ2v) is 5.21. The lowest BCUT2D eigenvalue weighted by Gasteiger charge is -2.43. The van der Waals surface area contributed by atoms with E-state index >= 15 is 0 Å². The smallest absolute Gasteiger partial charge is 0.120 e. The zero-order valence-electron chi connectivity index (χ0n) is 10.2. The topological polar surface area (TPSA) is 44.5 Å². The van der Waals surface area contributed by atoms with Crippen LogP contribution in [0.3, 0.4) is 0 Å². The van der Waals surface area contributed by atoms with Crippen molar-refractivity contribution in [1.29, 1.82) is 0 Å². The van der Waals surface area contributed by atoms with Gasteiger partial charge in [-0.1, -0.05) is 17.7 Å². The van der Waals surface area contributed by atoms with E-state index in [1.807, 2.05) is 25.1 Å². The van der Waals surface area contributed by atoms with E-state index < -0.39 is 0 Å². The van der Waals surface area contributed by atoms with Crippen LogP contribution in [-0.4, -0.2) is 26.4 Å². The molecule has 2 N–H and O–H groups in total. The lowest BCUT2D eigenvalue weighted by atomic mass is 9.74. The van der Waals surface area contributed by atoms with E-state index in [1.54, 1.807) is 7.11 Å². The number of benzene rings is 1. The molecule has 17 heavy (non-hydrogen) atoms. The fraction of sp³-hybridized carbons (Fsp3) is 0.538. The maximum atomic E-state index is 6.31. The van der Waals surface area contributed by atoms with Crippen LogP contribution in [0.2, 0.25) is 5.02 Å². The molecule has 0 spiro atoms. The van der Waals surface area contributed by atoms with Crippen LogP contribution in [0.1, 0.15) is 18.9 Å². The summed E-state index contributed by atoms with van der Waals surface area (Å²) < 4.78 is 10.5. The van der Waals surface area contributed by atoms with Crippen LogP contribution in [0.4, 0.5) is 0 Å². The highest BCUT2D eigenvalue weighted by atomic mass is 35.5. The fourth-order valence-electron chi connectivity index (χ4n) is 2.40. The Kier molecular flexibility index (Phi) is 3.61. The van der Waals surface area contributed by atoms with Crippen LogP contribution in [-0.2, 0) is 10.2 Å². The lowest BCUT2D eigenvalue weighted by molar-refractivity contribution is -0.0665. The molecular weight excluding hydrogens is 238 g/mol. The number of halogens is 1. The van der Waals surface area contributed by atoms with Crippen molar-refractivity contribution in [1.82, 2.24) is 0 Å². The number of hydrogen-bond donors (Lipinski definition) is 1. The van der Waals surface area contributed by atoms with Crippen LogP contribution < -0.4 is 10.5 Å². The fourth-order valence-corrected chi connectivity index (χ4v) is 2.77. The third kappa shape index (κ3) is 2.41. The van der Waals surface area contributed by atoms with Gasteiger partial charge in [-0.05, 0) is 31.0 Å². The van der Waals surface area contributed by atoms with Crippen LogP contribution in [0, 0.1) is 0 Å². The van der Waals surface area contributed by atoms with E-state index in [4.69, 9.17) is 26.8 Å². The second kappa shape index (κ2) is 4.84.